The predicted octanol–water partition coefficient (Wildman–Crippen LogP) is 2.45. The first-order valence-corrected chi connectivity index (χ1v) is 3.27. The van der Waals surface area contributed by atoms with Crippen molar-refractivity contribution in [1.82, 2.24) is 0 Å². The standard InChI is InChI=1S/C8H14/c1-4-7-8(5-2)6-3/h8H,5-6H2,1-3H3. The summed E-state index contributed by atoms with van der Waals surface area (Å²) in [5.74, 6) is 6.69. The Morgan fingerprint density at radius 3 is 1.88 bits per heavy atom. The molecule has 0 rings (SSSR count). The second-order valence-electron chi connectivity index (χ2n) is 1.91. The van der Waals surface area contributed by atoms with E-state index in [1.807, 2.05) is 6.92 Å². The molecule has 0 spiro atoms. The van der Waals surface area contributed by atoms with E-state index in [-0.39, 0.29) is 0 Å². The molecule has 0 aliphatic heterocycles. The Balaban J connectivity index is 3.47. The van der Waals surface area contributed by atoms with E-state index in [9.17, 15) is 0 Å². The molecule has 0 aliphatic rings. The zero-order valence-corrected chi connectivity index (χ0v) is 5.99. The summed E-state index contributed by atoms with van der Waals surface area (Å²) >= 11 is 0. The van der Waals surface area contributed by atoms with Crippen molar-refractivity contribution in [2.75, 3.05) is 0 Å². The van der Waals surface area contributed by atoms with Crippen LogP contribution in [0.25, 0.3) is 0 Å². The van der Waals surface area contributed by atoms with Gasteiger partial charge in [0, 0.05) is 5.92 Å². The molecule has 0 amide bonds. The maximum absolute atomic E-state index is 3.13. The number of hydrogen-bond donors (Lipinski definition) is 0. The minimum absolute atomic E-state index is 0.639. The van der Waals surface area contributed by atoms with Gasteiger partial charge in [-0.1, -0.05) is 13.8 Å². The molecule has 0 heteroatoms. The van der Waals surface area contributed by atoms with Gasteiger partial charge in [-0.2, -0.15) is 0 Å². The SMILES string of the molecule is CC#CC(CC)CC. The van der Waals surface area contributed by atoms with E-state index >= 15 is 0 Å². The Labute approximate surface area is 52.3 Å². The first-order valence-electron chi connectivity index (χ1n) is 3.27. The van der Waals surface area contributed by atoms with Crippen molar-refractivity contribution >= 4 is 0 Å². The molecule has 0 N–H and O–H groups in total. The van der Waals surface area contributed by atoms with Gasteiger partial charge in [0.05, 0.1) is 0 Å². The molecule has 8 heavy (non-hydrogen) atoms. The molecule has 0 saturated carbocycles. The molecule has 0 fully saturated rings. The average Bonchev–Trinajstić information content (AvgIpc) is 1.83. The lowest BCUT2D eigenvalue weighted by atomic mass is 10.1. The van der Waals surface area contributed by atoms with E-state index in [1.54, 1.807) is 0 Å². The maximum Gasteiger partial charge on any atom is 0.0197 e. The van der Waals surface area contributed by atoms with Crippen LogP contribution in [0, 0.1) is 17.8 Å². The molecule has 0 aromatic rings. The van der Waals surface area contributed by atoms with Crippen LogP contribution in [0.1, 0.15) is 33.6 Å². The van der Waals surface area contributed by atoms with Crippen LogP contribution >= 0.6 is 0 Å². The van der Waals surface area contributed by atoms with Crippen LogP contribution in [0.2, 0.25) is 0 Å². The van der Waals surface area contributed by atoms with E-state index in [4.69, 9.17) is 0 Å². The van der Waals surface area contributed by atoms with Crippen molar-refractivity contribution in [1.29, 1.82) is 0 Å². The molecule has 0 atom stereocenters. The lowest BCUT2D eigenvalue weighted by molar-refractivity contribution is 0.627. The maximum atomic E-state index is 3.13. The van der Waals surface area contributed by atoms with Crippen molar-refractivity contribution in [3.8, 4) is 11.8 Å². The zero-order chi connectivity index (χ0) is 6.41. The monoisotopic (exact) mass is 110 g/mol. The van der Waals surface area contributed by atoms with Crippen molar-refractivity contribution in [3.63, 3.8) is 0 Å². The van der Waals surface area contributed by atoms with Gasteiger partial charge < -0.3 is 0 Å². The minimum Gasteiger partial charge on any atom is -0.106 e. The second kappa shape index (κ2) is 4.71. The average molecular weight is 110 g/mol. The van der Waals surface area contributed by atoms with Gasteiger partial charge in [-0.15, -0.1) is 11.8 Å². The predicted molar refractivity (Wildman–Crippen MR) is 37.5 cm³/mol. The Morgan fingerprint density at radius 2 is 1.75 bits per heavy atom. The van der Waals surface area contributed by atoms with Gasteiger partial charge in [0.1, 0.15) is 0 Å². The van der Waals surface area contributed by atoms with Gasteiger partial charge in [0.15, 0.2) is 0 Å². The van der Waals surface area contributed by atoms with Crippen LogP contribution in [0.4, 0.5) is 0 Å². The fourth-order valence-electron chi connectivity index (χ4n) is 0.697. The van der Waals surface area contributed by atoms with Crippen molar-refractivity contribution in [3.05, 3.63) is 0 Å². The van der Waals surface area contributed by atoms with Crippen molar-refractivity contribution < 1.29 is 0 Å². The highest BCUT2D eigenvalue weighted by Crippen LogP contribution is 2.03. The van der Waals surface area contributed by atoms with Gasteiger partial charge >= 0.3 is 0 Å². The quantitative estimate of drug-likeness (QED) is 0.479. The topological polar surface area (TPSA) is 0 Å². The van der Waals surface area contributed by atoms with E-state index in [2.05, 4.69) is 25.7 Å². The largest absolute Gasteiger partial charge is 0.106 e. The summed E-state index contributed by atoms with van der Waals surface area (Å²) in [6.45, 7) is 6.26. The summed E-state index contributed by atoms with van der Waals surface area (Å²) < 4.78 is 0. The third kappa shape index (κ3) is 2.69. The normalized spacial score (nSPS) is 8.50. The van der Waals surface area contributed by atoms with Gasteiger partial charge in [0.2, 0.25) is 0 Å². The van der Waals surface area contributed by atoms with Gasteiger partial charge in [-0.3, -0.25) is 0 Å². The smallest absolute Gasteiger partial charge is 0.0197 e. The molecule has 0 aliphatic carbocycles. The summed E-state index contributed by atoms with van der Waals surface area (Å²) in [6.07, 6.45) is 2.38. The zero-order valence-electron chi connectivity index (χ0n) is 5.99. The Hall–Kier alpha value is -0.440. The molecular formula is C8H14. The fourth-order valence-corrected chi connectivity index (χ4v) is 0.697. The summed E-state index contributed by atoms with van der Waals surface area (Å²) in [6, 6.07) is 0. The molecule has 0 saturated heterocycles. The lowest BCUT2D eigenvalue weighted by Gasteiger charge is -1.99. The van der Waals surface area contributed by atoms with Gasteiger partial charge in [0.25, 0.3) is 0 Å². The van der Waals surface area contributed by atoms with Crippen molar-refractivity contribution in [2.24, 2.45) is 5.92 Å². The highest BCUT2D eigenvalue weighted by Gasteiger charge is 1.93. The van der Waals surface area contributed by atoms with Crippen LogP contribution in [-0.2, 0) is 0 Å². The third-order valence-corrected chi connectivity index (χ3v) is 1.33. The van der Waals surface area contributed by atoms with Crippen LogP contribution in [0.15, 0.2) is 0 Å². The summed E-state index contributed by atoms with van der Waals surface area (Å²) in [5.41, 5.74) is 0. The van der Waals surface area contributed by atoms with Crippen LogP contribution in [0.3, 0.4) is 0 Å². The molecular weight excluding hydrogens is 96.1 g/mol. The Morgan fingerprint density at radius 1 is 1.25 bits per heavy atom. The molecule has 0 unspecified atom stereocenters. The number of rotatable bonds is 2. The van der Waals surface area contributed by atoms with E-state index in [0.29, 0.717) is 5.92 Å². The van der Waals surface area contributed by atoms with Gasteiger partial charge in [-0.05, 0) is 19.8 Å². The fraction of sp³-hybridized carbons (Fsp3) is 0.750. The highest BCUT2D eigenvalue weighted by molar-refractivity contribution is 4.99. The molecule has 0 nitrogen and oxygen atoms in total. The molecule has 0 aromatic heterocycles. The Kier molecular flexibility index (Phi) is 4.45. The third-order valence-electron chi connectivity index (χ3n) is 1.33. The minimum atomic E-state index is 0.639. The van der Waals surface area contributed by atoms with Crippen LogP contribution < -0.4 is 0 Å². The first-order chi connectivity index (χ1) is 3.85. The summed E-state index contributed by atoms with van der Waals surface area (Å²) in [4.78, 5) is 0. The highest BCUT2D eigenvalue weighted by atomic mass is 14.0. The molecule has 0 heterocycles. The van der Waals surface area contributed by atoms with Crippen LogP contribution in [-0.4, -0.2) is 0 Å². The number of hydrogen-bond acceptors (Lipinski definition) is 0. The first kappa shape index (κ1) is 7.56. The molecule has 0 aromatic carbocycles. The summed E-state index contributed by atoms with van der Waals surface area (Å²) in [7, 11) is 0. The van der Waals surface area contributed by atoms with E-state index < -0.39 is 0 Å². The van der Waals surface area contributed by atoms with Crippen LogP contribution in [0.5, 0.6) is 0 Å². The van der Waals surface area contributed by atoms with Gasteiger partial charge in [-0.25, -0.2) is 0 Å². The molecule has 0 radical (unpaired) electrons. The second-order valence-corrected chi connectivity index (χ2v) is 1.91. The van der Waals surface area contributed by atoms with E-state index in [0.717, 1.165) is 0 Å². The van der Waals surface area contributed by atoms with E-state index in [1.165, 1.54) is 12.8 Å². The summed E-state index contributed by atoms with van der Waals surface area (Å²) in [5, 5.41) is 0. The van der Waals surface area contributed by atoms with Crippen molar-refractivity contribution in [2.45, 2.75) is 33.6 Å². The molecule has 46 valence electrons. The molecule has 0 bridgehead atoms. The lowest BCUT2D eigenvalue weighted by Crippen LogP contribution is -1.89. The Bertz CT molecular complexity index is 88.3.